The van der Waals surface area contributed by atoms with Gasteiger partial charge in [-0.25, -0.2) is 0 Å². The largest absolute Gasteiger partial charge is 0.454 e. The van der Waals surface area contributed by atoms with Crippen LogP contribution in [0.3, 0.4) is 0 Å². The van der Waals surface area contributed by atoms with Gasteiger partial charge in [0.25, 0.3) is 5.91 Å². The van der Waals surface area contributed by atoms with E-state index in [2.05, 4.69) is 5.32 Å². The molecule has 1 aliphatic rings. The van der Waals surface area contributed by atoms with Gasteiger partial charge in [0.2, 0.25) is 6.79 Å². The normalized spacial score (nSPS) is 12.1. The lowest BCUT2D eigenvalue weighted by Gasteiger charge is -2.08. The fourth-order valence-corrected chi connectivity index (χ4v) is 2.38. The predicted molar refractivity (Wildman–Crippen MR) is 82.0 cm³/mol. The zero-order chi connectivity index (χ0) is 15.7. The highest BCUT2D eigenvalue weighted by molar-refractivity contribution is 6.32. The molecular formula is C16H12ClNO4. The van der Waals surface area contributed by atoms with Crippen molar-refractivity contribution >= 4 is 29.0 Å². The molecule has 0 saturated carbocycles. The maximum Gasteiger partial charge on any atom is 0.255 e. The molecule has 0 aliphatic carbocycles. The Hall–Kier alpha value is -2.53. The number of carbonyl (C=O) groups is 2. The molecule has 1 amide bonds. The van der Waals surface area contributed by atoms with Gasteiger partial charge in [0.05, 0.1) is 5.02 Å². The highest BCUT2D eigenvalue weighted by atomic mass is 35.5. The van der Waals surface area contributed by atoms with Crippen LogP contribution >= 0.6 is 11.6 Å². The van der Waals surface area contributed by atoms with Gasteiger partial charge in [-0.1, -0.05) is 23.7 Å². The van der Waals surface area contributed by atoms with Gasteiger partial charge < -0.3 is 14.8 Å². The molecule has 3 rings (SSSR count). The van der Waals surface area contributed by atoms with Gasteiger partial charge in [-0.05, 0) is 31.2 Å². The second-order valence-electron chi connectivity index (χ2n) is 4.78. The molecule has 2 aromatic rings. The van der Waals surface area contributed by atoms with Crippen molar-refractivity contribution < 1.29 is 19.1 Å². The summed E-state index contributed by atoms with van der Waals surface area (Å²) < 4.78 is 10.4. The monoisotopic (exact) mass is 317 g/mol. The molecule has 2 aromatic carbocycles. The SMILES string of the molecule is CC(=O)c1cccc(NC(=O)c2cc(Cl)c3c(c2)OCO3)c1. The molecule has 0 fully saturated rings. The van der Waals surface area contributed by atoms with Crippen LogP contribution in [0, 0.1) is 0 Å². The smallest absolute Gasteiger partial charge is 0.255 e. The highest BCUT2D eigenvalue weighted by Gasteiger charge is 2.20. The Morgan fingerprint density at radius 3 is 2.73 bits per heavy atom. The molecule has 1 N–H and O–H groups in total. The van der Waals surface area contributed by atoms with E-state index in [9.17, 15) is 9.59 Å². The predicted octanol–water partition coefficient (Wildman–Crippen LogP) is 3.52. The minimum absolute atomic E-state index is 0.0674. The summed E-state index contributed by atoms with van der Waals surface area (Å²) in [5.74, 6) is 0.468. The van der Waals surface area contributed by atoms with Gasteiger partial charge in [0, 0.05) is 16.8 Å². The maximum absolute atomic E-state index is 12.3. The highest BCUT2D eigenvalue weighted by Crippen LogP contribution is 2.39. The van der Waals surface area contributed by atoms with Gasteiger partial charge in [0.1, 0.15) is 0 Å². The Bertz CT molecular complexity index is 773. The molecule has 0 atom stereocenters. The Kier molecular flexibility index (Phi) is 3.73. The average Bonchev–Trinajstić information content (AvgIpc) is 2.96. The quantitative estimate of drug-likeness (QED) is 0.880. The van der Waals surface area contributed by atoms with E-state index in [4.69, 9.17) is 21.1 Å². The zero-order valence-electron chi connectivity index (χ0n) is 11.7. The number of halogens is 1. The first-order chi connectivity index (χ1) is 10.5. The molecule has 22 heavy (non-hydrogen) atoms. The molecule has 112 valence electrons. The molecule has 0 saturated heterocycles. The number of ketones is 1. The van der Waals surface area contributed by atoms with Crippen molar-refractivity contribution in [1.29, 1.82) is 0 Å². The lowest BCUT2D eigenvalue weighted by Crippen LogP contribution is -2.12. The summed E-state index contributed by atoms with van der Waals surface area (Å²) in [5.41, 5.74) is 1.41. The first kappa shape index (κ1) is 14.4. The number of hydrogen-bond donors (Lipinski definition) is 1. The minimum atomic E-state index is -0.346. The third-order valence-corrected chi connectivity index (χ3v) is 3.50. The molecule has 0 radical (unpaired) electrons. The van der Waals surface area contributed by atoms with E-state index >= 15 is 0 Å². The molecule has 0 unspecified atom stereocenters. The summed E-state index contributed by atoms with van der Waals surface area (Å²) in [5, 5.41) is 3.04. The van der Waals surface area contributed by atoms with Gasteiger partial charge in [-0.2, -0.15) is 0 Å². The van der Waals surface area contributed by atoms with Gasteiger partial charge in [-0.15, -0.1) is 0 Å². The van der Waals surface area contributed by atoms with Crippen LogP contribution in [0.2, 0.25) is 5.02 Å². The third kappa shape index (κ3) is 2.76. The average molecular weight is 318 g/mol. The Labute approximate surface area is 131 Å². The van der Waals surface area contributed by atoms with Crippen molar-refractivity contribution in [3.05, 3.63) is 52.5 Å². The van der Waals surface area contributed by atoms with Gasteiger partial charge in [-0.3, -0.25) is 9.59 Å². The van der Waals surface area contributed by atoms with E-state index in [0.717, 1.165) is 0 Å². The number of fused-ring (bicyclic) bond motifs is 1. The molecular weight excluding hydrogens is 306 g/mol. The first-order valence-electron chi connectivity index (χ1n) is 6.56. The number of hydrogen-bond acceptors (Lipinski definition) is 4. The van der Waals surface area contributed by atoms with Crippen molar-refractivity contribution in [2.75, 3.05) is 12.1 Å². The Morgan fingerprint density at radius 2 is 1.95 bits per heavy atom. The van der Waals surface area contributed by atoms with E-state index in [1.807, 2.05) is 0 Å². The Morgan fingerprint density at radius 1 is 1.14 bits per heavy atom. The molecule has 6 heteroatoms. The Balaban J connectivity index is 1.85. The van der Waals surface area contributed by atoms with Crippen LogP contribution in [-0.2, 0) is 0 Å². The van der Waals surface area contributed by atoms with Gasteiger partial charge in [0.15, 0.2) is 17.3 Å². The first-order valence-corrected chi connectivity index (χ1v) is 6.94. The lowest BCUT2D eigenvalue weighted by molar-refractivity contribution is 0.101. The number of Topliss-reactive ketones (excluding diaryl/α,β-unsaturated/α-hetero) is 1. The van der Waals surface area contributed by atoms with E-state index in [1.165, 1.54) is 13.0 Å². The molecule has 0 spiro atoms. The van der Waals surface area contributed by atoms with Crippen molar-refractivity contribution in [2.45, 2.75) is 6.92 Å². The summed E-state index contributed by atoms with van der Waals surface area (Å²) >= 11 is 6.06. The summed E-state index contributed by atoms with van der Waals surface area (Å²) in [6.07, 6.45) is 0. The summed E-state index contributed by atoms with van der Waals surface area (Å²) in [6.45, 7) is 1.55. The van der Waals surface area contributed by atoms with Crippen LogP contribution in [0.25, 0.3) is 0 Å². The maximum atomic E-state index is 12.3. The molecule has 1 aliphatic heterocycles. The van der Waals surface area contributed by atoms with Crippen LogP contribution in [-0.4, -0.2) is 18.5 Å². The second-order valence-corrected chi connectivity index (χ2v) is 5.19. The fourth-order valence-electron chi connectivity index (χ4n) is 2.12. The number of anilines is 1. The number of ether oxygens (including phenoxy) is 2. The minimum Gasteiger partial charge on any atom is -0.454 e. The topological polar surface area (TPSA) is 64.6 Å². The fraction of sp³-hybridized carbons (Fsp3) is 0.125. The van der Waals surface area contributed by atoms with E-state index in [0.29, 0.717) is 33.3 Å². The van der Waals surface area contributed by atoms with Crippen molar-refractivity contribution in [3.63, 3.8) is 0 Å². The summed E-state index contributed by atoms with van der Waals surface area (Å²) in [6, 6.07) is 9.81. The van der Waals surface area contributed by atoms with Crippen LogP contribution in [0.15, 0.2) is 36.4 Å². The molecule has 5 nitrogen and oxygen atoms in total. The molecule has 0 aromatic heterocycles. The van der Waals surface area contributed by atoms with E-state index in [1.54, 1.807) is 30.3 Å². The van der Waals surface area contributed by atoms with Crippen LogP contribution in [0.1, 0.15) is 27.6 Å². The zero-order valence-corrected chi connectivity index (χ0v) is 12.4. The lowest BCUT2D eigenvalue weighted by atomic mass is 10.1. The number of nitrogens with one attached hydrogen (secondary N) is 1. The summed E-state index contributed by atoms with van der Waals surface area (Å²) in [4.78, 5) is 23.7. The number of benzene rings is 2. The van der Waals surface area contributed by atoms with Crippen LogP contribution < -0.4 is 14.8 Å². The van der Waals surface area contributed by atoms with E-state index in [-0.39, 0.29) is 18.5 Å². The number of rotatable bonds is 3. The van der Waals surface area contributed by atoms with Crippen molar-refractivity contribution in [3.8, 4) is 11.5 Å². The second kappa shape index (κ2) is 5.69. The molecule has 0 bridgehead atoms. The van der Waals surface area contributed by atoms with Crippen molar-refractivity contribution in [2.24, 2.45) is 0 Å². The third-order valence-electron chi connectivity index (χ3n) is 3.22. The number of amides is 1. The number of carbonyl (C=O) groups excluding carboxylic acids is 2. The van der Waals surface area contributed by atoms with E-state index < -0.39 is 0 Å². The van der Waals surface area contributed by atoms with Crippen molar-refractivity contribution in [1.82, 2.24) is 0 Å². The summed E-state index contributed by atoms with van der Waals surface area (Å²) in [7, 11) is 0. The van der Waals surface area contributed by atoms with Gasteiger partial charge >= 0.3 is 0 Å². The van der Waals surface area contributed by atoms with Crippen LogP contribution in [0.4, 0.5) is 5.69 Å². The standard InChI is InChI=1S/C16H12ClNO4/c1-9(19)10-3-2-4-12(5-10)18-16(20)11-6-13(17)15-14(7-11)21-8-22-15/h2-7H,8H2,1H3,(H,18,20). The van der Waals surface area contributed by atoms with Crippen LogP contribution in [0.5, 0.6) is 11.5 Å². The molecule has 1 heterocycles.